The van der Waals surface area contributed by atoms with E-state index in [9.17, 15) is 4.79 Å². The van der Waals surface area contributed by atoms with E-state index in [0.29, 0.717) is 5.33 Å². The van der Waals surface area contributed by atoms with Gasteiger partial charge in [-0.05, 0) is 29.8 Å². The summed E-state index contributed by atoms with van der Waals surface area (Å²) in [5, 5.41) is 0.499. The van der Waals surface area contributed by atoms with Gasteiger partial charge in [0.2, 0.25) is 4.51 Å². The Labute approximate surface area is 81.7 Å². The van der Waals surface area contributed by atoms with Crippen molar-refractivity contribution in [1.82, 2.24) is 0 Å². The molecule has 0 saturated carbocycles. The predicted octanol–water partition coefficient (Wildman–Crippen LogP) is 2.42. The third kappa shape index (κ3) is 1.40. The standard InChI is InChI=1S/C6H8Br2O3/c1-5(2)6(8,3-7)11-4(9)10-5/h3H2,1-2H3/t6-/m1/s1. The molecule has 0 bridgehead atoms. The van der Waals surface area contributed by atoms with Crippen LogP contribution in [0.4, 0.5) is 4.79 Å². The predicted molar refractivity (Wildman–Crippen MR) is 47.1 cm³/mol. The lowest BCUT2D eigenvalue weighted by Crippen LogP contribution is -2.43. The molecule has 1 aliphatic rings. The number of ether oxygens (including phenoxy) is 2. The van der Waals surface area contributed by atoms with Gasteiger partial charge in [-0.25, -0.2) is 4.79 Å². The first-order chi connectivity index (χ1) is 4.91. The molecule has 1 atom stereocenters. The molecule has 1 heterocycles. The minimum Gasteiger partial charge on any atom is -0.423 e. The summed E-state index contributed by atoms with van der Waals surface area (Å²) in [6.07, 6.45) is -0.633. The highest BCUT2D eigenvalue weighted by molar-refractivity contribution is 9.12. The third-order valence-corrected chi connectivity index (χ3v) is 4.59. The fourth-order valence-electron chi connectivity index (χ4n) is 0.749. The van der Waals surface area contributed by atoms with Crippen molar-refractivity contribution >= 4 is 38.0 Å². The maximum atomic E-state index is 10.7. The van der Waals surface area contributed by atoms with Gasteiger partial charge in [-0.1, -0.05) is 15.9 Å². The number of alkyl halides is 2. The van der Waals surface area contributed by atoms with Crippen LogP contribution in [0.5, 0.6) is 0 Å². The monoisotopic (exact) mass is 286 g/mol. The fourth-order valence-corrected chi connectivity index (χ4v) is 1.75. The minimum absolute atomic E-state index is 0.499. The van der Waals surface area contributed by atoms with Crippen LogP contribution in [0, 0.1) is 0 Å². The summed E-state index contributed by atoms with van der Waals surface area (Å²) in [4.78, 5) is 10.7. The van der Waals surface area contributed by atoms with Crippen LogP contribution in [0.1, 0.15) is 13.8 Å². The Morgan fingerprint density at radius 2 is 2.00 bits per heavy atom. The van der Waals surface area contributed by atoms with Crippen molar-refractivity contribution in [2.45, 2.75) is 24.0 Å². The van der Waals surface area contributed by atoms with Crippen LogP contribution in [0.15, 0.2) is 0 Å². The summed E-state index contributed by atoms with van der Waals surface area (Å²) in [5.41, 5.74) is -0.631. The van der Waals surface area contributed by atoms with Gasteiger partial charge in [0, 0.05) is 0 Å². The molecule has 0 unspecified atom stereocenters. The van der Waals surface area contributed by atoms with Crippen LogP contribution in [-0.4, -0.2) is 21.6 Å². The van der Waals surface area contributed by atoms with E-state index in [2.05, 4.69) is 31.9 Å². The number of carbonyl (C=O) groups is 1. The topological polar surface area (TPSA) is 35.5 Å². The van der Waals surface area contributed by atoms with Crippen molar-refractivity contribution in [1.29, 1.82) is 0 Å². The van der Waals surface area contributed by atoms with Crippen molar-refractivity contribution in [3.8, 4) is 0 Å². The van der Waals surface area contributed by atoms with E-state index in [-0.39, 0.29) is 0 Å². The van der Waals surface area contributed by atoms with Gasteiger partial charge < -0.3 is 9.47 Å². The van der Waals surface area contributed by atoms with Crippen molar-refractivity contribution in [3.05, 3.63) is 0 Å². The Morgan fingerprint density at radius 1 is 1.45 bits per heavy atom. The molecule has 0 aliphatic carbocycles. The number of halogens is 2. The van der Waals surface area contributed by atoms with Gasteiger partial charge in [0.25, 0.3) is 0 Å². The summed E-state index contributed by atoms with van der Waals surface area (Å²) in [6, 6.07) is 0. The molecule has 64 valence electrons. The molecule has 1 aliphatic heterocycles. The average molecular weight is 288 g/mol. The first-order valence-electron chi connectivity index (χ1n) is 3.08. The maximum absolute atomic E-state index is 10.7. The highest BCUT2D eigenvalue weighted by Crippen LogP contribution is 2.42. The maximum Gasteiger partial charge on any atom is 0.510 e. The van der Waals surface area contributed by atoms with Crippen LogP contribution in [-0.2, 0) is 9.47 Å². The molecule has 1 saturated heterocycles. The number of hydrogen-bond donors (Lipinski definition) is 0. The molecule has 1 fully saturated rings. The van der Waals surface area contributed by atoms with Gasteiger partial charge >= 0.3 is 6.16 Å². The molecule has 0 spiro atoms. The number of carbonyl (C=O) groups excluding carboxylic acids is 1. The van der Waals surface area contributed by atoms with Crippen LogP contribution in [0.2, 0.25) is 0 Å². The second-order valence-electron chi connectivity index (χ2n) is 2.83. The normalized spacial score (nSPS) is 34.7. The second-order valence-corrected chi connectivity index (χ2v) is 4.67. The Morgan fingerprint density at radius 3 is 2.18 bits per heavy atom. The van der Waals surface area contributed by atoms with Crippen LogP contribution in [0.3, 0.4) is 0 Å². The first-order valence-corrected chi connectivity index (χ1v) is 4.99. The van der Waals surface area contributed by atoms with E-state index in [4.69, 9.17) is 9.47 Å². The number of cyclic esters (lactones) is 2. The molecular formula is C6H8Br2O3. The summed E-state index contributed by atoms with van der Waals surface area (Å²) in [7, 11) is 0. The van der Waals surface area contributed by atoms with Crippen molar-refractivity contribution in [2.75, 3.05) is 5.33 Å². The van der Waals surface area contributed by atoms with Gasteiger partial charge in [-0.15, -0.1) is 0 Å². The number of rotatable bonds is 1. The quantitative estimate of drug-likeness (QED) is 0.549. The van der Waals surface area contributed by atoms with Gasteiger partial charge in [0.15, 0.2) is 5.60 Å². The largest absolute Gasteiger partial charge is 0.510 e. The highest BCUT2D eigenvalue weighted by atomic mass is 79.9. The molecule has 11 heavy (non-hydrogen) atoms. The second kappa shape index (κ2) is 2.62. The summed E-state index contributed by atoms with van der Waals surface area (Å²) in [6.45, 7) is 3.57. The van der Waals surface area contributed by atoms with E-state index in [1.807, 2.05) is 0 Å². The first kappa shape index (κ1) is 9.32. The molecule has 3 nitrogen and oxygen atoms in total. The van der Waals surface area contributed by atoms with Crippen molar-refractivity contribution < 1.29 is 14.3 Å². The van der Waals surface area contributed by atoms with Gasteiger partial charge in [-0.3, -0.25) is 0 Å². The van der Waals surface area contributed by atoms with Gasteiger partial charge in [0.1, 0.15) is 0 Å². The molecule has 0 aromatic heterocycles. The smallest absolute Gasteiger partial charge is 0.423 e. The minimum atomic E-state index is -0.739. The molecule has 0 amide bonds. The Hall–Kier alpha value is 0.230. The van der Waals surface area contributed by atoms with E-state index in [0.717, 1.165) is 0 Å². The highest BCUT2D eigenvalue weighted by Gasteiger charge is 2.55. The van der Waals surface area contributed by atoms with E-state index < -0.39 is 16.3 Å². The zero-order chi connectivity index (χ0) is 8.70. The lowest BCUT2D eigenvalue weighted by molar-refractivity contribution is 0.0620. The zero-order valence-electron chi connectivity index (χ0n) is 6.19. The zero-order valence-corrected chi connectivity index (χ0v) is 9.36. The lowest BCUT2D eigenvalue weighted by Gasteiger charge is -2.28. The number of hydrogen-bond acceptors (Lipinski definition) is 3. The Bertz CT molecular complexity index is 192. The SMILES string of the molecule is CC1(C)OC(=O)O[C@]1(Br)CBr. The molecule has 0 aromatic rings. The van der Waals surface area contributed by atoms with Gasteiger partial charge in [0.05, 0.1) is 5.33 Å². The Balaban J connectivity index is 2.89. The molecule has 1 rings (SSSR count). The molecular weight excluding hydrogens is 280 g/mol. The van der Waals surface area contributed by atoms with Gasteiger partial charge in [-0.2, -0.15) is 0 Å². The molecule has 0 N–H and O–H groups in total. The third-order valence-electron chi connectivity index (χ3n) is 1.65. The Kier molecular flexibility index (Phi) is 2.22. The van der Waals surface area contributed by atoms with Crippen LogP contribution in [0.25, 0.3) is 0 Å². The fraction of sp³-hybridized carbons (Fsp3) is 0.833. The lowest BCUT2D eigenvalue weighted by atomic mass is 10.0. The average Bonchev–Trinajstić information content (AvgIpc) is 2.03. The van der Waals surface area contributed by atoms with Crippen LogP contribution >= 0.6 is 31.9 Å². The summed E-state index contributed by atoms with van der Waals surface area (Å²) in [5.74, 6) is 0. The van der Waals surface area contributed by atoms with Crippen LogP contribution < -0.4 is 0 Å². The van der Waals surface area contributed by atoms with E-state index >= 15 is 0 Å². The van der Waals surface area contributed by atoms with Crippen molar-refractivity contribution in [3.63, 3.8) is 0 Å². The molecule has 0 radical (unpaired) electrons. The van der Waals surface area contributed by atoms with E-state index in [1.54, 1.807) is 13.8 Å². The molecule has 5 heteroatoms. The molecule has 0 aromatic carbocycles. The van der Waals surface area contributed by atoms with E-state index in [1.165, 1.54) is 0 Å². The summed E-state index contributed by atoms with van der Waals surface area (Å²) >= 11 is 6.52. The summed E-state index contributed by atoms with van der Waals surface area (Å²) < 4.78 is 9.10. The van der Waals surface area contributed by atoms with Crippen molar-refractivity contribution in [2.24, 2.45) is 0 Å².